The van der Waals surface area contributed by atoms with Gasteiger partial charge in [-0.1, -0.05) is 0 Å². The predicted molar refractivity (Wildman–Crippen MR) is 188 cm³/mol. The molecule has 1 amide bonds. The number of ether oxygens (including phenoxy) is 1. The molecule has 10 rings (SSSR count). The van der Waals surface area contributed by atoms with Crippen molar-refractivity contribution in [2.24, 2.45) is 23.7 Å². The Morgan fingerprint density at radius 3 is 2.09 bits per heavy atom. The highest BCUT2D eigenvalue weighted by atomic mass is 19.4. The first kappa shape index (κ1) is 37.6. The number of benzene rings is 1. The highest BCUT2D eigenvalue weighted by molar-refractivity contribution is 6.00. The molecule has 302 valence electrons. The lowest BCUT2D eigenvalue weighted by atomic mass is 9.48. The molecule has 0 radical (unpaired) electrons. The number of amides is 1. The van der Waals surface area contributed by atoms with Crippen LogP contribution in [0.1, 0.15) is 106 Å². The van der Waals surface area contributed by atoms with E-state index in [1.54, 1.807) is 33.9 Å². The number of carbonyl (C=O) groups is 2. The van der Waals surface area contributed by atoms with Gasteiger partial charge in [-0.25, -0.2) is 32.3 Å². The first-order chi connectivity index (χ1) is 26.5. The number of aliphatic carboxylic acids is 1. The molecule has 56 heavy (non-hydrogen) atoms. The summed E-state index contributed by atoms with van der Waals surface area (Å²) in [5.74, 6) is -7.82. The van der Waals surface area contributed by atoms with Gasteiger partial charge in [0.25, 0.3) is 11.8 Å². The molecule has 2 N–H and O–H groups in total. The molecule has 6 saturated carbocycles. The molecule has 1 aliphatic heterocycles. The van der Waals surface area contributed by atoms with Gasteiger partial charge in [-0.3, -0.25) is 9.69 Å². The Morgan fingerprint density at radius 1 is 0.857 bits per heavy atom. The number of alkyl halides is 7. The Bertz CT molecular complexity index is 2000. The van der Waals surface area contributed by atoms with E-state index >= 15 is 0 Å². The van der Waals surface area contributed by atoms with E-state index in [4.69, 9.17) is 4.74 Å². The molecule has 1 aromatic carbocycles. The van der Waals surface area contributed by atoms with Gasteiger partial charge in [0.2, 0.25) is 5.92 Å². The maximum atomic E-state index is 14.8. The third kappa shape index (κ3) is 6.60. The standard InChI is InChI=1S/C40H44F7N5O4/c41-37(42)9-7-26(8-10-37)52-18-31(29-6-5-28(16-32(29)52)56-27-3-1-25(2-4-27)51-19-38(43,44)20-51)34-48-17-30(33(49-34)40(45,46)47)35(53)50-39(36(54)55)23-12-21-11-22(14-23)15-24(39)13-21/h5-6,16-18,21-27H,1-4,7-15,19-20H2,(H,50,53)(H,54,55)/t21?,22?,23?,24?,25-,27+,39?. The maximum absolute atomic E-state index is 14.8. The molecule has 3 aromatic rings. The minimum atomic E-state index is -5.10. The second-order valence-electron chi connectivity index (χ2n) is 17.4. The third-order valence-electron chi connectivity index (χ3n) is 13.9. The molecule has 6 aliphatic carbocycles. The van der Waals surface area contributed by atoms with Crippen LogP contribution in [0.5, 0.6) is 5.75 Å². The molecule has 0 spiro atoms. The summed E-state index contributed by atoms with van der Waals surface area (Å²) in [5, 5.41) is 13.5. The number of rotatable bonds is 8. The largest absolute Gasteiger partial charge is 0.490 e. The quantitative estimate of drug-likeness (QED) is 0.220. The van der Waals surface area contributed by atoms with Gasteiger partial charge in [0.15, 0.2) is 11.5 Å². The highest BCUT2D eigenvalue weighted by Gasteiger charge is 2.62. The number of fused-ring (bicyclic) bond motifs is 1. The average Bonchev–Trinajstić information content (AvgIpc) is 3.50. The number of halogens is 7. The van der Waals surface area contributed by atoms with Crippen molar-refractivity contribution in [2.75, 3.05) is 13.1 Å². The van der Waals surface area contributed by atoms with Crippen LogP contribution in [-0.4, -0.2) is 79.0 Å². The molecule has 0 atom stereocenters. The zero-order chi connectivity index (χ0) is 39.4. The Morgan fingerprint density at radius 2 is 1.50 bits per heavy atom. The number of nitrogens with zero attached hydrogens (tertiary/aromatic N) is 4. The first-order valence-corrected chi connectivity index (χ1v) is 19.8. The fraction of sp³-hybridized carbons (Fsp3) is 0.650. The topological polar surface area (TPSA) is 110 Å². The number of carbonyl (C=O) groups excluding carboxylic acids is 1. The first-order valence-electron chi connectivity index (χ1n) is 19.8. The normalized spacial score (nSPS) is 32.6. The zero-order valence-electron chi connectivity index (χ0n) is 30.6. The lowest BCUT2D eigenvalue weighted by Crippen LogP contribution is -2.70. The minimum Gasteiger partial charge on any atom is -0.490 e. The lowest BCUT2D eigenvalue weighted by molar-refractivity contribution is -0.163. The number of aromatic nitrogens is 3. The van der Waals surface area contributed by atoms with Crippen LogP contribution in [0.3, 0.4) is 0 Å². The van der Waals surface area contributed by atoms with Gasteiger partial charge in [0, 0.05) is 54.3 Å². The molecule has 3 heterocycles. The Hall–Kier alpha value is -3.95. The van der Waals surface area contributed by atoms with E-state index in [0.29, 0.717) is 79.9 Å². The van der Waals surface area contributed by atoms with Gasteiger partial charge in [-0.05, 0) is 106 Å². The van der Waals surface area contributed by atoms with Crippen LogP contribution < -0.4 is 10.1 Å². The summed E-state index contributed by atoms with van der Waals surface area (Å²) in [5.41, 5.74) is -3.31. The Kier molecular flexibility index (Phi) is 8.94. The fourth-order valence-electron chi connectivity index (χ4n) is 11.3. The van der Waals surface area contributed by atoms with Gasteiger partial charge >= 0.3 is 12.1 Å². The smallest absolute Gasteiger partial charge is 0.434 e. The molecule has 4 bridgehead atoms. The summed E-state index contributed by atoms with van der Waals surface area (Å²) >= 11 is 0. The number of hydrogen-bond acceptors (Lipinski definition) is 6. The van der Waals surface area contributed by atoms with Crippen LogP contribution in [0.2, 0.25) is 0 Å². The zero-order valence-corrected chi connectivity index (χ0v) is 30.6. The van der Waals surface area contributed by atoms with Crippen molar-refractivity contribution in [3.8, 4) is 17.1 Å². The number of carboxylic acid groups (broad SMARTS) is 1. The van der Waals surface area contributed by atoms with Crippen molar-refractivity contribution < 1.29 is 50.2 Å². The molecule has 7 aliphatic rings. The van der Waals surface area contributed by atoms with Crippen molar-refractivity contribution in [3.63, 3.8) is 0 Å². The number of hydrogen-bond donors (Lipinski definition) is 2. The number of nitrogens with one attached hydrogen (secondary N) is 1. The van der Waals surface area contributed by atoms with Gasteiger partial charge in [-0.15, -0.1) is 0 Å². The summed E-state index contributed by atoms with van der Waals surface area (Å²) in [6.45, 7) is -0.466. The van der Waals surface area contributed by atoms with E-state index in [0.717, 1.165) is 12.6 Å². The van der Waals surface area contributed by atoms with Crippen LogP contribution in [0.25, 0.3) is 22.3 Å². The minimum absolute atomic E-state index is 0.0657. The fourth-order valence-corrected chi connectivity index (χ4v) is 11.3. The van der Waals surface area contributed by atoms with Gasteiger partial charge in [-0.2, -0.15) is 13.2 Å². The second-order valence-corrected chi connectivity index (χ2v) is 17.4. The van der Waals surface area contributed by atoms with Crippen molar-refractivity contribution in [1.29, 1.82) is 0 Å². The molecule has 0 unspecified atom stereocenters. The third-order valence-corrected chi connectivity index (χ3v) is 13.9. The average molecular weight is 792 g/mol. The van der Waals surface area contributed by atoms with E-state index in [9.17, 15) is 45.4 Å². The van der Waals surface area contributed by atoms with E-state index in [2.05, 4.69) is 15.3 Å². The van der Waals surface area contributed by atoms with Crippen LogP contribution in [-0.2, 0) is 11.0 Å². The number of carboxylic acids is 1. The predicted octanol–water partition coefficient (Wildman–Crippen LogP) is 8.52. The molecule has 16 heteroatoms. The second kappa shape index (κ2) is 13.3. The monoisotopic (exact) mass is 791 g/mol. The van der Waals surface area contributed by atoms with Crippen molar-refractivity contribution in [2.45, 2.75) is 125 Å². The molecule has 9 nitrogen and oxygen atoms in total. The molecular weight excluding hydrogens is 747 g/mol. The van der Waals surface area contributed by atoms with Crippen molar-refractivity contribution >= 4 is 22.8 Å². The molecule has 7 fully saturated rings. The number of likely N-dealkylation sites (tertiary alicyclic amines) is 1. The summed E-state index contributed by atoms with van der Waals surface area (Å²) in [4.78, 5) is 36.6. The maximum Gasteiger partial charge on any atom is 0.434 e. The van der Waals surface area contributed by atoms with E-state index in [1.807, 2.05) is 0 Å². The van der Waals surface area contributed by atoms with E-state index in [-0.39, 0.29) is 74.1 Å². The Balaban J connectivity index is 1.02. The SMILES string of the molecule is O=C(NC1(C(=O)O)C2CC3CC(C2)CC1C3)c1cnc(-c2cn(C3CCC(F)(F)CC3)c3cc(O[C@H]4CC[C@@H](N5CC(F)(F)C5)CC4)ccc23)nc1C(F)(F)F. The summed E-state index contributed by atoms with van der Waals surface area (Å²) < 4.78 is 108. The van der Waals surface area contributed by atoms with Crippen molar-refractivity contribution in [1.82, 2.24) is 24.8 Å². The van der Waals surface area contributed by atoms with Gasteiger partial charge in [0.05, 0.1) is 30.3 Å². The molecule has 1 saturated heterocycles. The van der Waals surface area contributed by atoms with Gasteiger partial charge in [0.1, 0.15) is 11.3 Å². The van der Waals surface area contributed by atoms with Crippen LogP contribution in [0.15, 0.2) is 30.6 Å². The summed E-state index contributed by atoms with van der Waals surface area (Å²) in [7, 11) is 0. The Labute approximate surface area is 318 Å². The van der Waals surface area contributed by atoms with Crippen LogP contribution in [0.4, 0.5) is 30.7 Å². The summed E-state index contributed by atoms with van der Waals surface area (Å²) in [6, 6.07) is 4.75. The van der Waals surface area contributed by atoms with E-state index in [1.165, 1.54) is 0 Å². The highest BCUT2D eigenvalue weighted by Crippen LogP contribution is 2.58. The molecular formula is C40H44F7N5O4. The molecule has 2 aromatic heterocycles. The van der Waals surface area contributed by atoms with Gasteiger partial charge < -0.3 is 19.7 Å². The van der Waals surface area contributed by atoms with Crippen LogP contribution in [0, 0.1) is 23.7 Å². The van der Waals surface area contributed by atoms with Crippen molar-refractivity contribution in [3.05, 3.63) is 41.9 Å². The van der Waals surface area contributed by atoms with Crippen LogP contribution >= 0.6 is 0 Å². The summed E-state index contributed by atoms with van der Waals surface area (Å²) in [6.07, 6.45) is 2.74. The van der Waals surface area contributed by atoms with E-state index < -0.39 is 52.7 Å². The lowest BCUT2D eigenvalue weighted by Gasteiger charge is -2.59.